The second-order valence-electron chi connectivity index (χ2n) is 17.7. The van der Waals surface area contributed by atoms with Gasteiger partial charge in [0.15, 0.2) is 0 Å². The Morgan fingerprint density at radius 3 is 2.18 bits per heavy atom. The summed E-state index contributed by atoms with van der Waals surface area (Å²) in [6.07, 6.45) is 43.6. The van der Waals surface area contributed by atoms with E-state index < -0.39 is 0 Å². The zero-order valence-electron chi connectivity index (χ0n) is 30.5. The molecule has 0 aliphatic heterocycles. The van der Waals surface area contributed by atoms with Gasteiger partial charge in [-0.15, -0.1) is 0 Å². The highest BCUT2D eigenvalue weighted by Crippen LogP contribution is 2.58. The van der Waals surface area contributed by atoms with Crippen molar-refractivity contribution in [3.05, 3.63) is 11.6 Å². The van der Waals surface area contributed by atoms with E-state index in [4.69, 9.17) is 0 Å². The Balaban J connectivity index is 1.20. The maximum Gasteiger partial charge on any atom is -0.0141 e. The molecule has 0 heterocycles. The molecule has 5 aliphatic carbocycles. The van der Waals surface area contributed by atoms with Crippen molar-refractivity contribution in [3.8, 4) is 0 Å². The molecule has 5 rings (SSSR count). The molecule has 0 amide bonds. The fraction of sp³-hybridized carbons (Fsp3) is 0.955. The highest BCUT2D eigenvalue weighted by Gasteiger charge is 2.49. The molecular weight excluding hydrogens is 528 g/mol. The summed E-state index contributed by atoms with van der Waals surface area (Å²) >= 11 is 0. The summed E-state index contributed by atoms with van der Waals surface area (Å²) in [5.74, 6) is 10.9. The van der Waals surface area contributed by atoms with E-state index in [9.17, 15) is 0 Å². The fourth-order valence-corrected chi connectivity index (χ4v) is 12.5. The van der Waals surface area contributed by atoms with Gasteiger partial charge in [-0.2, -0.15) is 0 Å². The summed E-state index contributed by atoms with van der Waals surface area (Å²) in [6.45, 7) is 10.2. The summed E-state index contributed by atoms with van der Waals surface area (Å²) in [4.78, 5) is 0. The van der Waals surface area contributed by atoms with Gasteiger partial charge in [-0.3, -0.25) is 0 Å². The minimum atomic E-state index is 0.909. The molecule has 4 saturated carbocycles. The van der Waals surface area contributed by atoms with Gasteiger partial charge in [0.2, 0.25) is 0 Å². The topological polar surface area (TPSA) is 0 Å². The van der Waals surface area contributed by atoms with Crippen LogP contribution in [0.4, 0.5) is 0 Å². The molecule has 0 N–H and O–H groups in total. The number of fused-ring (bicyclic) bond motifs is 1. The average Bonchev–Trinajstić information content (AvgIpc) is 3.38. The SMILES string of the molecule is CCCCC1C(CCC(C)C(C)C2CCCCC2CCC)C2CCCC=C2C1C1CCCC(CCCCC2CCCCC2)C1. The number of hydrogen-bond acceptors (Lipinski definition) is 0. The minimum Gasteiger partial charge on any atom is -0.0847 e. The minimum absolute atomic E-state index is 0.909. The largest absolute Gasteiger partial charge is 0.0847 e. The molecule has 10 unspecified atom stereocenters. The van der Waals surface area contributed by atoms with E-state index in [1.807, 2.05) is 5.57 Å². The molecule has 0 aromatic heterocycles. The van der Waals surface area contributed by atoms with Crippen LogP contribution in [0, 0.1) is 65.1 Å². The molecule has 0 saturated heterocycles. The van der Waals surface area contributed by atoms with E-state index in [0.29, 0.717) is 0 Å². The van der Waals surface area contributed by atoms with Crippen molar-refractivity contribution in [2.24, 2.45) is 65.1 Å². The van der Waals surface area contributed by atoms with Crippen LogP contribution < -0.4 is 0 Å². The van der Waals surface area contributed by atoms with Crippen molar-refractivity contribution < 1.29 is 0 Å². The van der Waals surface area contributed by atoms with Crippen LogP contribution in [0.2, 0.25) is 0 Å². The van der Waals surface area contributed by atoms with Crippen LogP contribution in [0.1, 0.15) is 201 Å². The van der Waals surface area contributed by atoms with Crippen molar-refractivity contribution in [2.75, 3.05) is 0 Å². The lowest BCUT2D eigenvalue weighted by Crippen LogP contribution is -2.30. The van der Waals surface area contributed by atoms with Crippen molar-refractivity contribution in [2.45, 2.75) is 201 Å². The van der Waals surface area contributed by atoms with Gasteiger partial charge in [-0.25, -0.2) is 0 Å². The van der Waals surface area contributed by atoms with E-state index >= 15 is 0 Å². The normalized spacial score (nSPS) is 36.5. The molecule has 10 atom stereocenters. The first-order valence-electron chi connectivity index (χ1n) is 21.3. The Hall–Kier alpha value is -0.260. The predicted molar refractivity (Wildman–Crippen MR) is 194 cm³/mol. The Morgan fingerprint density at radius 2 is 1.39 bits per heavy atom. The van der Waals surface area contributed by atoms with E-state index in [1.165, 1.54) is 122 Å². The maximum absolute atomic E-state index is 2.84. The van der Waals surface area contributed by atoms with E-state index in [1.54, 1.807) is 51.4 Å². The van der Waals surface area contributed by atoms with Crippen LogP contribution in [0.15, 0.2) is 11.6 Å². The first-order valence-corrected chi connectivity index (χ1v) is 21.3. The van der Waals surface area contributed by atoms with Crippen molar-refractivity contribution >= 4 is 0 Å². The smallest absolute Gasteiger partial charge is 0.0141 e. The molecule has 0 aromatic carbocycles. The highest BCUT2D eigenvalue weighted by atomic mass is 14.5. The Morgan fingerprint density at radius 1 is 0.636 bits per heavy atom. The number of hydrogen-bond donors (Lipinski definition) is 0. The zero-order valence-corrected chi connectivity index (χ0v) is 30.5. The molecule has 44 heavy (non-hydrogen) atoms. The van der Waals surface area contributed by atoms with Crippen LogP contribution in [-0.4, -0.2) is 0 Å². The molecule has 0 heteroatoms. The van der Waals surface area contributed by atoms with E-state index in [0.717, 1.165) is 65.1 Å². The summed E-state index contributed by atoms with van der Waals surface area (Å²) in [5.41, 5.74) is 2.03. The van der Waals surface area contributed by atoms with Gasteiger partial charge in [0.25, 0.3) is 0 Å². The van der Waals surface area contributed by atoms with Gasteiger partial charge in [0.1, 0.15) is 0 Å². The van der Waals surface area contributed by atoms with Crippen molar-refractivity contribution in [3.63, 3.8) is 0 Å². The van der Waals surface area contributed by atoms with E-state index in [-0.39, 0.29) is 0 Å². The molecule has 0 nitrogen and oxygen atoms in total. The molecule has 0 radical (unpaired) electrons. The van der Waals surface area contributed by atoms with Crippen molar-refractivity contribution in [1.29, 1.82) is 0 Å². The third-order valence-electron chi connectivity index (χ3n) is 15.0. The van der Waals surface area contributed by atoms with Gasteiger partial charge in [-0.05, 0) is 116 Å². The summed E-state index contributed by atoms with van der Waals surface area (Å²) < 4.78 is 0. The van der Waals surface area contributed by atoms with Gasteiger partial charge >= 0.3 is 0 Å². The van der Waals surface area contributed by atoms with Crippen molar-refractivity contribution in [1.82, 2.24) is 0 Å². The van der Waals surface area contributed by atoms with Crippen LogP contribution in [0.3, 0.4) is 0 Å². The van der Waals surface area contributed by atoms with Crippen LogP contribution >= 0.6 is 0 Å². The van der Waals surface area contributed by atoms with Crippen LogP contribution in [0.5, 0.6) is 0 Å². The summed E-state index contributed by atoms with van der Waals surface area (Å²) in [6, 6.07) is 0. The predicted octanol–water partition coefficient (Wildman–Crippen LogP) is 14.4. The quantitative estimate of drug-likeness (QED) is 0.121. The second-order valence-corrected chi connectivity index (χ2v) is 17.7. The number of rotatable bonds is 16. The van der Waals surface area contributed by atoms with Crippen LogP contribution in [-0.2, 0) is 0 Å². The van der Waals surface area contributed by atoms with E-state index in [2.05, 4.69) is 33.8 Å². The lowest BCUT2D eigenvalue weighted by atomic mass is 9.66. The van der Waals surface area contributed by atoms with Gasteiger partial charge in [0, 0.05) is 0 Å². The Kier molecular flexibility index (Phi) is 14.6. The molecule has 4 fully saturated rings. The van der Waals surface area contributed by atoms with Gasteiger partial charge in [-0.1, -0.05) is 161 Å². The number of allylic oxidation sites excluding steroid dienone is 2. The number of unbranched alkanes of at least 4 members (excludes halogenated alkanes) is 2. The van der Waals surface area contributed by atoms with Gasteiger partial charge < -0.3 is 0 Å². The molecule has 0 bridgehead atoms. The molecule has 5 aliphatic rings. The third kappa shape index (κ3) is 9.21. The standard InChI is InChI=1S/C44H78/c1-5-7-26-42-41(31-30-33(3)34(4)39-27-14-13-24-37(39)18-6-2)40-28-15-16-29-43(40)44(42)38-25-17-23-36(32-38)22-12-11-21-35-19-9-8-10-20-35/h29,33-42,44H,5-28,30-32H2,1-4H3. The molecule has 0 aromatic rings. The average molecular weight is 607 g/mol. The lowest BCUT2D eigenvalue weighted by Gasteiger charge is -2.39. The summed E-state index contributed by atoms with van der Waals surface area (Å²) in [7, 11) is 0. The second kappa shape index (κ2) is 18.3. The fourth-order valence-electron chi connectivity index (χ4n) is 12.5. The maximum atomic E-state index is 2.84. The van der Waals surface area contributed by atoms with Crippen LogP contribution in [0.25, 0.3) is 0 Å². The van der Waals surface area contributed by atoms with Gasteiger partial charge in [0.05, 0.1) is 0 Å². The summed E-state index contributed by atoms with van der Waals surface area (Å²) in [5, 5.41) is 0. The first-order chi connectivity index (χ1) is 21.6. The first kappa shape index (κ1) is 35.1. The Labute approximate surface area is 277 Å². The highest BCUT2D eigenvalue weighted by molar-refractivity contribution is 5.24. The molecular formula is C44H78. The third-order valence-corrected chi connectivity index (χ3v) is 15.0. The molecule has 0 spiro atoms. The molecule has 254 valence electrons. The Bertz CT molecular complexity index is 814. The lowest BCUT2D eigenvalue weighted by molar-refractivity contribution is 0.109. The zero-order chi connectivity index (χ0) is 30.7. The monoisotopic (exact) mass is 607 g/mol.